The van der Waals surface area contributed by atoms with E-state index >= 15 is 0 Å². The summed E-state index contributed by atoms with van der Waals surface area (Å²) in [5.74, 6) is -6.38. The van der Waals surface area contributed by atoms with E-state index in [1.165, 1.54) is 0 Å². The van der Waals surface area contributed by atoms with Crippen molar-refractivity contribution in [3.05, 3.63) is 0 Å². The van der Waals surface area contributed by atoms with Crippen LogP contribution in [0.25, 0.3) is 0 Å². The van der Waals surface area contributed by atoms with Crippen molar-refractivity contribution < 1.29 is 41.0 Å². The lowest BCUT2D eigenvalue weighted by atomic mass is 9.48. The van der Waals surface area contributed by atoms with Crippen molar-refractivity contribution in [1.82, 2.24) is 0 Å². The van der Waals surface area contributed by atoms with Gasteiger partial charge in [0.05, 0.1) is 5.41 Å². The summed E-state index contributed by atoms with van der Waals surface area (Å²) in [6, 6.07) is 0. The highest BCUT2D eigenvalue weighted by Gasteiger charge is 2.63. The van der Waals surface area contributed by atoms with Gasteiger partial charge in [-0.3, -0.25) is 4.79 Å². The number of hydrogen-bond acceptors (Lipinski definition) is 4. The van der Waals surface area contributed by atoms with Gasteiger partial charge in [0.25, 0.3) is 0 Å². The van der Waals surface area contributed by atoms with Gasteiger partial charge in [-0.1, -0.05) is 0 Å². The molecule has 0 aromatic rings. The van der Waals surface area contributed by atoms with Gasteiger partial charge in [0, 0.05) is 13.3 Å². The molecular weight excluding hydrogens is 351 g/mol. The van der Waals surface area contributed by atoms with Crippen LogP contribution < -0.4 is 0 Å². The van der Waals surface area contributed by atoms with Crippen molar-refractivity contribution >= 4 is 11.9 Å². The van der Waals surface area contributed by atoms with Crippen LogP contribution in [0.15, 0.2) is 0 Å². The second-order valence-corrected chi connectivity index (χ2v) is 7.89. The Morgan fingerprint density at radius 1 is 1.04 bits per heavy atom. The Bertz CT molecular complexity index is 566. The molecule has 142 valence electrons. The van der Waals surface area contributed by atoms with E-state index in [4.69, 9.17) is 4.74 Å². The van der Waals surface area contributed by atoms with Crippen LogP contribution in [0.4, 0.5) is 22.0 Å². The summed E-state index contributed by atoms with van der Waals surface area (Å²) in [5, 5.41) is 0. The van der Waals surface area contributed by atoms with Gasteiger partial charge in [0.1, 0.15) is 5.60 Å². The Labute approximate surface area is 141 Å². The van der Waals surface area contributed by atoms with E-state index in [0.29, 0.717) is 32.6 Å². The molecule has 0 aliphatic heterocycles. The summed E-state index contributed by atoms with van der Waals surface area (Å²) in [7, 11) is 0. The predicted molar refractivity (Wildman–Crippen MR) is 73.6 cm³/mol. The number of ether oxygens (including phenoxy) is 2. The highest BCUT2D eigenvalue weighted by atomic mass is 19.4. The predicted octanol–water partition coefficient (Wildman–Crippen LogP) is 3.63. The molecule has 9 heteroatoms. The first-order valence-corrected chi connectivity index (χ1v) is 8.18. The van der Waals surface area contributed by atoms with Crippen molar-refractivity contribution in [2.75, 3.05) is 6.61 Å². The highest BCUT2D eigenvalue weighted by Crippen LogP contribution is 2.63. The maximum absolute atomic E-state index is 13.2. The van der Waals surface area contributed by atoms with Gasteiger partial charge in [-0.2, -0.15) is 22.0 Å². The molecule has 4 aliphatic carbocycles. The van der Waals surface area contributed by atoms with Crippen LogP contribution in [-0.4, -0.2) is 36.2 Å². The lowest BCUT2D eigenvalue weighted by Gasteiger charge is -2.59. The Morgan fingerprint density at radius 2 is 1.60 bits per heavy atom. The molecule has 2 unspecified atom stereocenters. The third kappa shape index (κ3) is 3.60. The summed E-state index contributed by atoms with van der Waals surface area (Å²) in [6.07, 6.45) is -2.50. The molecule has 0 amide bonds. The number of carbonyl (C=O) groups is 2. The van der Waals surface area contributed by atoms with E-state index in [1.807, 2.05) is 0 Å². The highest BCUT2D eigenvalue weighted by molar-refractivity contribution is 5.79. The molecular formula is C16H19F5O4. The van der Waals surface area contributed by atoms with Gasteiger partial charge in [-0.05, 0) is 43.9 Å². The molecule has 2 atom stereocenters. The molecule has 4 rings (SSSR count). The smallest absolute Gasteiger partial charge is 0.422 e. The quantitative estimate of drug-likeness (QED) is 0.560. The van der Waals surface area contributed by atoms with E-state index in [-0.39, 0.29) is 18.3 Å². The van der Waals surface area contributed by atoms with Crippen molar-refractivity contribution in [3.63, 3.8) is 0 Å². The van der Waals surface area contributed by atoms with Gasteiger partial charge >= 0.3 is 24.0 Å². The minimum atomic E-state index is -4.63. The average molecular weight is 370 g/mol. The zero-order valence-corrected chi connectivity index (χ0v) is 13.6. The molecule has 0 N–H and O–H groups in total. The molecule has 0 spiro atoms. The van der Waals surface area contributed by atoms with Crippen LogP contribution in [0.1, 0.15) is 45.4 Å². The van der Waals surface area contributed by atoms with Crippen LogP contribution in [0.2, 0.25) is 0 Å². The fourth-order valence-corrected chi connectivity index (χ4v) is 5.12. The first-order chi connectivity index (χ1) is 11.3. The van der Waals surface area contributed by atoms with E-state index < -0.39 is 41.7 Å². The summed E-state index contributed by atoms with van der Waals surface area (Å²) in [5.41, 5.74) is -2.39. The van der Waals surface area contributed by atoms with Crippen LogP contribution in [0.5, 0.6) is 0 Å². The molecule has 0 saturated heterocycles. The van der Waals surface area contributed by atoms with Gasteiger partial charge in [0.2, 0.25) is 0 Å². The number of rotatable bonds is 4. The molecule has 0 heterocycles. The van der Waals surface area contributed by atoms with E-state index in [1.54, 1.807) is 0 Å². The molecule has 4 bridgehead atoms. The maximum atomic E-state index is 13.2. The summed E-state index contributed by atoms with van der Waals surface area (Å²) in [4.78, 5) is 24.0. The minimum absolute atomic E-state index is 0.0436. The summed E-state index contributed by atoms with van der Waals surface area (Å²) >= 11 is 0. The number of halogens is 5. The van der Waals surface area contributed by atoms with Crippen LogP contribution in [0, 0.1) is 17.3 Å². The van der Waals surface area contributed by atoms with E-state index in [0.717, 1.165) is 6.42 Å². The Kier molecular flexibility index (Phi) is 4.07. The Morgan fingerprint density at radius 3 is 2.08 bits per heavy atom. The molecule has 4 nitrogen and oxygen atoms in total. The fourth-order valence-electron chi connectivity index (χ4n) is 5.12. The molecule has 0 aromatic heterocycles. The van der Waals surface area contributed by atoms with Crippen LogP contribution in [0.3, 0.4) is 0 Å². The molecule has 4 aliphatic rings. The fraction of sp³-hybridized carbons (Fsp3) is 0.875. The number of carbonyl (C=O) groups excluding carboxylic acids is 2. The molecule has 25 heavy (non-hydrogen) atoms. The largest absolute Gasteiger partial charge is 0.456 e. The first-order valence-electron chi connectivity index (χ1n) is 8.18. The minimum Gasteiger partial charge on any atom is -0.456 e. The molecule has 0 radical (unpaired) electrons. The van der Waals surface area contributed by atoms with E-state index in [2.05, 4.69) is 4.74 Å². The summed E-state index contributed by atoms with van der Waals surface area (Å²) in [6.45, 7) is -1.24. The lowest BCUT2D eigenvalue weighted by Crippen LogP contribution is -2.60. The normalized spacial score (nSPS) is 37.0. The number of alkyl halides is 5. The SMILES string of the molecule is CC(F)(F)C(=O)OC12CC3CC(C1)CC(C(=O)OCC(F)(F)F)(C3)C2. The number of hydrogen-bond donors (Lipinski definition) is 0. The van der Waals surface area contributed by atoms with Crippen LogP contribution >= 0.6 is 0 Å². The second kappa shape index (κ2) is 5.54. The first kappa shape index (κ1) is 18.4. The van der Waals surface area contributed by atoms with Crippen molar-refractivity contribution in [1.29, 1.82) is 0 Å². The monoisotopic (exact) mass is 370 g/mol. The average Bonchev–Trinajstić information content (AvgIpc) is 2.40. The van der Waals surface area contributed by atoms with Crippen molar-refractivity contribution in [2.45, 2.75) is 63.1 Å². The molecule has 0 aromatic carbocycles. The zero-order chi connectivity index (χ0) is 18.7. The van der Waals surface area contributed by atoms with Crippen molar-refractivity contribution in [2.24, 2.45) is 17.3 Å². The summed E-state index contributed by atoms with van der Waals surface area (Å²) < 4.78 is 73.0. The van der Waals surface area contributed by atoms with Crippen LogP contribution in [-0.2, 0) is 19.1 Å². The Hall–Kier alpha value is -1.41. The second-order valence-electron chi connectivity index (χ2n) is 7.89. The number of esters is 2. The molecule has 4 saturated carbocycles. The molecule has 4 fully saturated rings. The third-order valence-corrected chi connectivity index (χ3v) is 5.47. The van der Waals surface area contributed by atoms with Gasteiger partial charge < -0.3 is 9.47 Å². The zero-order valence-electron chi connectivity index (χ0n) is 13.6. The van der Waals surface area contributed by atoms with Gasteiger partial charge in [-0.15, -0.1) is 0 Å². The lowest BCUT2D eigenvalue weighted by molar-refractivity contribution is -0.230. The third-order valence-electron chi connectivity index (χ3n) is 5.47. The maximum Gasteiger partial charge on any atom is 0.422 e. The standard InChI is InChI=1S/C16H19F5O4/c1-13(17,18)11(22)25-15-5-9-2-10(6-15)4-14(3-9,7-15)12(23)24-8-16(19,20)21/h9-10H,2-8H2,1H3. The van der Waals surface area contributed by atoms with E-state index in [9.17, 15) is 31.5 Å². The van der Waals surface area contributed by atoms with Gasteiger partial charge in [0.15, 0.2) is 6.61 Å². The van der Waals surface area contributed by atoms with Gasteiger partial charge in [-0.25, -0.2) is 4.79 Å². The van der Waals surface area contributed by atoms with Crippen molar-refractivity contribution in [3.8, 4) is 0 Å². The Balaban J connectivity index is 1.79. The topological polar surface area (TPSA) is 52.6 Å².